The van der Waals surface area contributed by atoms with E-state index in [9.17, 15) is 13.6 Å². The normalized spacial score (nSPS) is 10.8. The zero-order valence-electron chi connectivity index (χ0n) is 11.7. The number of aromatic nitrogens is 1. The minimum Gasteiger partial charge on any atom is -0.350 e. The van der Waals surface area contributed by atoms with Crippen molar-refractivity contribution in [3.8, 4) is 0 Å². The molecule has 0 aliphatic heterocycles. The predicted molar refractivity (Wildman–Crippen MR) is 80.6 cm³/mol. The lowest BCUT2D eigenvalue weighted by molar-refractivity contribution is 0.0948. The summed E-state index contributed by atoms with van der Waals surface area (Å²) in [6, 6.07) is 12.8. The van der Waals surface area contributed by atoms with Crippen molar-refractivity contribution in [1.29, 1.82) is 0 Å². The molecule has 3 nitrogen and oxygen atoms in total. The van der Waals surface area contributed by atoms with Crippen molar-refractivity contribution in [1.82, 2.24) is 9.88 Å². The van der Waals surface area contributed by atoms with Crippen LogP contribution < -0.4 is 5.32 Å². The Labute approximate surface area is 126 Å². The molecule has 0 radical (unpaired) electrons. The third kappa shape index (κ3) is 2.83. The summed E-state index contributed by atoms with van der Waals surface area (Å²) in [5, 5.41) is 3.76. The topological polar surface area (TPSA) is 34.0 Å². The summed E-state index contributed by atoms with van der Waals surface area (Å²) < 4.78 is 28.3. The van der Waals surface area contributed by atoms with Gasteiger partial charge in [0.05, 0.1) is 5.56 Å². The van der Waals surface area contributed by atoms with E-state index >= 15 is 0 Å². The van der Waals surface area contributed by atoms with E-state index in [1.165, 1.54) is 0 Å². The van der Waals surface area contributed by atoms with Crippen LogP contribution in [-0.4, -0.2) is 17.0 Å². The van der Waals surface area contributed by atoms with Crippen molar-refractivity contribution in [3.05, 3.63) is 71.9 Å². The van der Waals surface area contributed by atoms with Crippen LogP contribution in [0.1, 0.15) is 10.4 Å². The van der Waals surface area contributed by atoms with Crippen molar-refractivity contribution in [2.24, 2.45) is 0 Å². The highest BCUT2D eigenvalue weighted by Gasteiger charge is 2.11. The zero-order valence-corrected chi connectivity index (χ0v) is 11.7. The first-order valence-corrected chi connectivity index (χ1v) is 6.92. The van der Waals surface area contributed by atoms with Gasteiger partial charge in [-0.25, -0.2) is 8.78 Å². The Bertz CT molecular complexity index is 826. The summed E-state index contributed by atoms with van der Waals surface area (Å²) >= 11 is 0. The van der Waals surface area contributed by atoms with Gasteiger partial charge in [0, 0.05) is 30.9 Å². The first kappa shape index (κ1) is 14.3. The number of amides is 1. The molecule has 0 spiro atoms. The molecule has 0 aliphatic rings. The second-order valence-electron chi connectivity index (χ2n) is 4.95. The van der Waals surface area contributed by atoms with Crippen LogP contribution in [0.4, 0.5) is 8.78 Å². The van der Waals surface area contributed by atoms with E-state index in [2.05, 4.69) is 5.32 Å². The van der Waals surface area contributed by atoms with Gasteiger partial charge in [-0.2, -0.15) is 0 Å². The molecule has 3 aromatic rings. The number of benzene rings is 2. The van der Waals surface area contributed by atoms with Crippen molar-refractivity contribution < 1.29 is 13.6 Å². The number of carbonyl (C=O) groups is 1. The number of para-hydroxylation sites is 1. The molecule has 1 N–H and O–H groups in total. The summed E-state index contributed by atoms with van der Waals surface area (Å²) in [5.74, 6) is -2.11. The SMILES string of the molecule is O=C(NCCn1ccc2ccccc21)c1ccc(F)cc1F. The zero-order chi connectivity index (χ0) is 15.5. The lowest BCUT2D eigenvalue weighted by Crippen LogP contribution is -2.27. The highest BCUT2D eigenvalue weighted by molar-refractivity contribution is 5.94. The van der Waals surface area contributed by atoms with Crippen LogP contribution in [0.3, 0.4) is 0 Å². The minimum atomic E-state index is -0.857. The highest BCUT2D eigenvalue weighted by atomic mass is 19.1. The van der Waals surface area contributed by atoms with E-state index in [-0.39, 0.29) is 5.56 Å². The van der Waals surface area contributed by atoms with Gasteiger partial charge in [-0.05, 0) is 29.7 Å². The van der Waals surface area contributed by atoms with Gasteiger partial charge in [0.15, 0.2) is 0 Å². The summed E-state index contributed by atoms with van der Waals surface area (Å²) in [7, 11) is 0. The van der Waals surface area contributed by atoms with E-state index in [1.807, 2.05) is 41.1 Å². The van der Waals surface area contributed by atoms with Gasteiger partial charge in [-0.1, -0.05) is 18.2 Å². The van der Waals surface area contributed by atoms with Crippen LogP contribution in [0.25, 0.3) is 10.9 Å². The van der Waals surface area contributed by atoms with Crippen molar-refractivity contribution in [2.45, 2.75) is 6.54 Å². The Kier molecular flexibility index (Phi) is 3.87. The van der Waals surface area contributed by atoms with E-state index in [0.717, 1.165) is 23.0 Å². The maximum atomic E-state index is 13.5. The molecular formula is C17H14F2N2O. The molecule has 0 atom stereocenters. The Morgan fingerprint density at radius 2 is 1.91 bits per heavy atom. The number of carbonyl (C=O) groups excluding carboxylic acids is 1. The fraction of sp³-hybridized carbons (Fsp3) is 0.118. The second-order valence-corrected chi connectivity index (χ2v) is 4.95. The summed E-state index contributed by atoms with van der Waals surface area (Å²) in [5.41, 5.74) is 0.920. The van der Waals surface area contributed by atoms with Crippen LogP contribution in [0, 0.1) is 11.6 Å². The monoisotopic (exact) mass is 300 g/mol. The largest absolute Gasteiger partial charge is 0.350 e. The van der Waals surface area contributed by atoms with Gasteiger partial charge in [-0.3, -0.25) is 4.79 Å². The molecule has 2 aromatic carbocycles. The third-order valence-corrected chi connectivity index (χ3v) is 3.49. The summed E-state index contributed by atoms with van der Waals surface area (Å²) in [4.78, 5) is 11.9. The van der Waals surface area contributed by atoms with Crippen LogP contribution >= 0.6 is 0 Å². The van der Waals surface area contributed by atoms with Crippen LogP contribution in [-0.2, 0) is 6.54 Å². The van der Waals surface area contributed by atoms with Crippen LogP contribution in [0.15, 0.2) is 54.7 Å². The second kappa shape index (κ2) is 5.97. The molecule has 0 bridgehead atoms. The van der Waals surface area contributed by atoms with Gasteiger partial charge in [0.1, 0.15) is 11.6 Å². The first-order chi connectivity index (χ1) is 10.6. The fourth-order valence-electron chi connectivity index (χ4n) is 2.39. The van der Waals surface area contributed by atoms with Gasteiger partial charge in [0.25, 0.3) is 5.91 Å². The number of hydrogen-bond donors (Lipinski definition) is 1. The van der Waals surface area contributed by atoms with Crippen molar-refractivity contribution >= 4 is 16.8 Å². The Hall–Kier alpha value is -2.69. The van der Waals surface area contributed by atoms with Gasteiger partial charge in [-0.15, -0.1) is 0 Å². The summed E-state index contributed by atoms with van der Waals surface area (Å²) in [6.07, 6.45) is 1.94. The van der Waals surface area contributed by atoms with E-state index in [1.54, 1.807) is 0 Å². The highest BCUT2D eigenvalue weighted by Crippen LogP contribution is 2.14. The molecule has 1 aromatic heterocycles. The molecule has 5 heteroatoms. The molecule has 22 heavy (non-hydrogen) atoms. The van der Waals surface area contributed by atoms with Crippen molar-refractivity contribution in [3.63, 3.8) is 0 Å². The number of nitrogens with zero attached hydrogens (tertiary/aromatic N) is 1. The molecule has 0 fully saturated rings. The summed E-state index contributed by atoms with van der Waals surface area (Å²) in [6.45, 7) is 0.927. The standard InChI is InChI=1S/C17H14F2N2O/c18-13-5-6-14(15(19)11-13)17(22)20-8-10-21-9-7-12-3-1-2-4-16(12)21/h1-7,9,11H,8,10H2,(H,20,22). The van der Waals surface area contributed by atoms with Crippen LogP contribution in [0.5, 0.6) is 0 Å². The molecule has 3 rings (SSSR count). The van der Waals surface area contributed by atoms with E-state index < -0.39 is 17.5 Å². The number of nitrogens with one attached hydrogen (secondary N) is 1. The molecular weight excluding hydrogens is 286 g/mol. The molecule has 0 aliphatic carbocycles. The Morgan fingerprint density at radius 3 is 2.73 bits per heavy atom. The molecule has 112 valence electrons. The van der Waals surface area contributed by atoms with Crippen LogP contribution in [0.2, 0.25) is 0 Å². The van der Waals surface area contributed by atoms with Gasteiger partial charge in [0.2, 0.25) is 0 Å². The smallest absolute Gasteiger partial charge is 0.254 e. The maximum Gasteiger partial charge on any atom is 0.254 e. The Morgan fingerprint density at radius 1 is 1.09 bits per heavy atom. The Balaban J connectivity index is 1.64. The van der Waals surface area contributed by atoms with E-state index in [0.29, 0.717) is 19.2 Å². The number of halogens is 2. The molecule has 0 unspecified atom stereocenters. The van der Waals surface area contributed by atoms with E-state index in [4.69, 9.17) is 0 Å². The maximum absolute atomic E-state index is 13.5. The molecule has 1 heterocycles. The molecule has 1 amide bonds. The third-order valence-electron chi connectivity index (χ3n) is 3.49. The van der Waals surface area contributed by atoms with Gasteiger partial charge < -0.3 is 9.88 Å². The predicted octanol–water partition coefficient (Wildman–Crippen LogP) is 3.35. The lowest BCUT2D eigenvalue weighted by atomic mass is 10.2. The first-order valence-electron chi connectivity index (χ1n) is 6.92. The van der Waals surface area contributed by atoms with Gasteiger partial charge >= 0.3 is 0 Å². The average Bonchev–Trinajstić information content (AvgIpc) is 2.90. The average molecular weight is 300 g/mol. The van der Waals surface area contributed by atoms with Crippen molar-refractivity contribution in [2.75, 3.05) is 6.54 Å². The number of hydrogen-bond acceptors (Lipinski definition) is 1. The quantitative estimate of drug-likeness (QED) is 0.787. The lowest BCUT2D eigenvalue weighted by Gasteiger charge is -2.08. The molecule has 0 saturated carbocycles. The number of fused-ring (bicyclic) bond motifs is 1. The molecule has 0 saturated heterocycles. The number of rotatable bonds is 4. The minimum absolute atomic E-state index is 0.154. The fourth-order valence-corrected chi connectivity index (χ4v) is 2.39.